The van der Waals surface area contributed by atoms with Crippen molar-refractivity contribution in [2.45, 2.75) is 36.6 Å². The standard InChI is InChI=1S/C13H17FN2O2S/c14-11-7-10(15)5-6-12(11)19(17,18)16-13(8-1-2-8)9-3-4-9/h5-9,13,16H,1-4,15H2. The van der Waals surface area contributed by atoms with Crippen molar-refractivity contribution in [2.75, 3.05) is 5.73 Å². The molecule has 4 nitrogen and oxygen atoms in total. The number of sulfonamides is 1. The molecule has 2 aliphatic carbocycles. The van der Waals surface area contributed by atoms with Gasteiger partial charge >= 0.3 is 0 Å². The zero-order valence-electron chi connectivity index (χ0n) is 10.5. The molecule has 0 aromatic heterocycles. The van der Waals surface area contributed by atoms with Crippen LogP contribution in [-0.2, 0) is 10.0 Å². The first-order chi connectivity index (χ1) is 8.97. The number of benzene rings is 1. The van der Waals surface area contributed by atoms with Crippen molar-refractivity contribution in [2.24, 2.45) is 11.8 Å². The first-order valence-corrected chi connectivity index (χ1v) is 8.03. The fourth-order valence-electron chi connectivity index (χ4n) is 2.47. The summed E-state index contributed by atoms with van der Waals surface area (Å²) in [5, 5.41) is 0. The monoisotopic (exact) mass is 284 g/mol. The van der Waals surface area contributed by atoms with Gasteiger partial charge < -0.3 is 5.73 Å². The summed E-state index contributed by atoms with van der Waals surface area (Å²) in [5.41, 5.74) is 5.65. The van der Waals surface area contributed by atoms with Crippen LogP contribution < -0.4 is 10.5 Å². The van der Waals surface area contributed by atoms with Crippen LogP contribution in [0.5, 0.6) is 0 Å². The molecule has 1 aromatic carbocycles. The van der Waals surface area contributed by atoms with Gasteiger partial charge in [-0.25, -0.2) is 17.5 Å². The molecule has 3 N–H and O–H groups in total. The lowest BCUT2D eigenvalue weighted by atomic mass is 10.1. The molecule has 0 amide bonds. The van der Waals surface area contributed by atoms with E-state index < -0.39 is 15.8 Å². The lowest BCUT2D eigenvalue weighted by Crippen LogP contribution is -2.38. The average Bonchev–Trinajstić information content (AvgIpc) is 3.18. The summed E-state index contributed by atoms with van der Waals surface area (Å²) in [7, 11) is -3.80. The molecule has 0 atom stereocenters. The lowest BCUT2D eigenvalue weighted by molar-refractivity contribution is 0.468. The van der Waals surface area contributed by atoms with Crippen LogP contribution in [0.15, 0.2) is 23.1 Å². The summed E-state index contributed by atoms with van der Waals surface area (Å²) in [5.74, 6) is 0.0658. The largest absolute Gasteiger partial charge is 0.399 e. The highest BCUT2D eigenvalue weighted by atomic mass is 32.2. The highest BCUT2D eigenvalue weighted by Crippen LogP contribution is 2.45. The van der Waals surface area contributed by atoms with Gasteiger partial charge in [-0.05, 0) is 55.7 Å². The highest BCUT2D eigenvalue weighted by molar-refractivity contribution is 7.89. The summed E-state index contributed by atoms with van der Waals surface area (Å²) in [4.78, 5) is -0.312. The van der Waals surface area contributed by atoms with E-state index in [9.17, 15) is 12.8 Å². The molecule has 0 saturated heterocycles. The number of halogens is 1. The van der Waals surface area contributed by atoms with E-state index in [2.05, 4.69) is 4.72 Å². The summed E-state index contributed by atoms with van der Waals surface area (Å²) >= 11 is 0. The Balaban J connectivity index is 1.85. The van der Waals surface area contributed by atoms with Crippen LogP contribution in [0.1, 0.15) is 25.7 Å². The number of nitrogens with two attached hydrogens (primary N) is 1. The van der Waals surface area contributed by atoms with Gasteiger partial charge in [0.05, 0.1) is 0 Å². The predicted molar refractivity (Wildman–Crippen MR) is 70.4 cm³/mol. The Hall–Kier alpha value is -1.14. The van der Waals surface area contributed by atoms with Crippen molar-refractivity contribution in [3.05, 3.63) is 24.0 Å². The zero-order chi connectivity index (χ0) is 13.6. The quantitative estimate of drug-likeness (QED) is 0.811. The molecular formula is C13H17FN2O2S. The van der Waals surface area contributed by atoms with Crippen molar-refractivity contribution >= 4 is 15.7 Å². The van der Waals surface area contributed by atoms with Crippen molar-refractivity contribution in [3.8, 4) is 0 Å². The maximum Gasteiger partial charge on any atom is 0.243 e. The number of nitrogen functional groups attached to an aromatic ring is 1. The van der Waals surface area contributed by atoms with E-state index in [4.69, 9.17) is 5.73 Å². The Kier molecular flexibility index (Phi) is 3.02. The molecule has 19 heavy (non-hydrogen) atoms. The van der Waals surface area contributed by atoms with E-state index >= 15 is 0 Å². The van der Waals surface area contributed by atoms with Crippen LogP contribution in [0.25, 0.3) is 0 Å². The van der Waals surface area contributed by atoms with Gasteiger partial charge in [0, 0.05) is 11.7 Å². The van der Waals surface area contributed by atoms with Gasteiger partial charge in [0.15, 0.2) is 0 Å². The van der Waals surface area contributed by atoms with Crippen LogP contribution in [0, 0.1) is 17.7 Å². The third-order valence-corrected chi connectivity index (χ3v) is 5.29. The van der Waals surface area contributed by atoms with Gasteiger partial charge in [-0.2, -0.15) is 0 Å². The molecule has 6 heteroatoms. The van der Waals surface area contributed by atoms with Crippen molar-refractivity contribution in [1.82, 2.24) is 4.72 Å². The van der Waals surface area contributed by atoms with Gasteiger partial charge in [0.1, 0.15) is 10.7 Å². The molecule has 104 valence electrons. The first kappa shape index (κ1) is 12.9. The summed E-state index contributed by atoms with van der Waals surface area (Å²) in [6.07, 6.45) is 4.25. The van der Waals surface area contributed by atoms with Gasteiger partial charge in [0.2, 0.25) is 10.0 Å². The normalized spacial score (nSPS) is 19.9. The molecule has 0 bridgehead atoms. The Morgan fingerprint density at radius 3 is 2.26 bits per heavy atom. The maximum atomic E-state index is 13.7. The fraction of sp³-hybridized carbons (Fsp3) is 0.538. The molecule has 1 aromatic rings. The number of hydrogen-bond acceptors (Lipinski definition) is 3. The fourth-order valence-corrected chi connectivity index (χ4v) is 3.90. The molecule has 0 radical (unpaired) electrons. The second-order valence-corrected chi connectivity index (χ2v) is 7.19. The molecule has 3 rings (SSSR count). The molecule has 2 aliphatic rings. The molecular weight excluding hydrogens is 267 g/mol. The smallest absolute Gasteiger partial charge is 0.243 e. The topological polar surface area (TPSA) is 72.2 Å². The summed E-state index contributed by atoms with van der Waals surface area (Å²) in [6.45, 7) is 0. The Bertz CT molecular complexity index is 583. The van der Waals surface area contributed by atoms with E-state index in [1.165, 1.54) is 12.1 Å². The van der Waals surface area contributed by atoms with E-state index in [1.54, 1.807) is 0 Å². The minimum absolute atomic E-state index is 0.0260. The third kappa shape index (κ3) is 2.74. The van der Waals surface area contributed by atoms with Gasteiger partial charge in [-0.1, -0.05) is 0 Å². The molecule has 0 heterocycles. The number of nitrogens with one attached hydrogen (secondary N) is 1. The molecule has 0 spiro atoms. The number of rotatable bonds is 5. The van der Waals surface area contributed by atoms with Crippen molar-refractivity contribution in [1.29, 1.82) is 0 Å². The molecule has 0 aliphatic heterocycles. The lowest BCUT2D eigenvalue weighted by Gasteiger charge is -2.18. The Labute approximate surface area is 112 Å². The zero-order valence-corrected chi connectivity index (χ0v) is 11.3. The van der Waals surface area contributed by atoms with Gasteiger partial charge in [-0.3, -0.25) is 0 Å². The van der Waals surface area contributed by atoms with E-state index in [0.29, 0.717) is 11.8 Å². The van der Waals surface area contributed by atoms with Crippen LogP contribution in [-0.4, -0.2) is 14.5 Å². The van der Waals surface area contributed by atoms with Crippen LogP contribution in [0.3, 0.4) is 0 Å². The van der Waals surface area contributed by atoms with Crippen LogP contribution in [0.4, 0.5) is 10.1 Å². The van der Waals surface area contributed by atoms with E-state index in [0.717, 1.165) is 31.7 Å². The summed E-state index contributed by atoms with van der Waals surface area (Å²) < 4.78 is 40.9. The minimum atomic E-state index is -3.80. The third-order valence-electron chi connectivity index (χ3n) is 3.80. The summed E-state index contributed by atoms with van der Waals surface area (Å²) in [6, 6.07) is 3.64. The van der Waals surface area contributed by atoms with Crippen LogP contribution in [0.2, 0.25) is 0 Å². The van der Waals surface area contributed by atoms with Crippen molar-refractivity contribution in [3.63, 3.8) is 0 Å². The van der Waals surface area contributed by atoms with E-state index in [1.807, 2.05) is 0 Å². The highest BCUT2D eigenvalue weighted by Gasteiger charge is 2.43. The molecule has 2 fully saturated rings. The predicted octanol–water partition coefficient (Wildman–Crippen LogP) is 1.87. The molecule has 2 saturated carbocycles. The number of anilines is 1. The Morgan fingerprint density at radius 2 is 1.79 bits per heavy atom. The Morgan fingerprint density at radius 1 is 1.21 bits per heavy atom. The van der Waals surface area contributed by atoms with Gasteiger partial charge in [-0.15, -0.1) is 0 Å². The SMILES string of the molecule is Nc1ccc(S(=O)(=O)NC(C2CC2)C2CC2)c(F)c1. The minimum Gasteiger partial charge on any atom is -0.399 e. The van der Waals surface area contributed by atoms with Gasteiger partial charge in [0.25, 0.3) is 0 Å². The van der Waals surface area contributed by atoms with Crippen LogP contribution >= 0.6 is 0 Å². The second kappa shape index (κ2) is 4.45. The maximum absolute atomic E-state index is 13.7. The average molecular weight is 284 g/mol. The number of hydrogen-bond donors (Lipinski definition) is 2. The molecule has 0 unspecified atom stereocenters. The van der Waals surface area contributed by atoms with Crippen molar-refractivity contribution < 1.29 is 12.8 Å². The van der Waals surface area contributed by atoms with E-state index in [-0.39, 0.29) is 16.6 Å². The first-order valence-electron chi connectivity index (χ1n) is 6.55. The second-order valence-electron chi connectivity index (χ2n) is 5.51.